The number of ether oxygens (including phenoxy) is 2. The molecule has 0 unspecified atom stereocenters. The second kappa shape index (κ2) is 8.70. The predicted molar refractivity (Wildman–Crippen MR) is 98.5 cm³/mol. The van der Waals surface area contributed by atoms with E-state index in [2.05, 4.69) is 0 Å². The molecule has 130 valence electrons. The number of methoxy groups -OCH3 is 1. The third-order valence-corrected chi connectivity index (χ3v) is 4.00. The van der Waals surface area contributed by atoms with E-state index in [1.54, 1.807) is 42.5 Å². The number of ketones is 1. The van der Waals surface area contributed by atoms with Gasteiger partial charge < -0.3 is 9.47 Å². The van der Waals surface area contributed by atoms with E-state index in [9.17, 15) is 9.59 Å². The molecule has 0 atom stereocenters. The van der Waals surface area contributed by atoms with Crippen LogP contribution < -0.4 is 9.47 Å². The number of halogens is 2. The van der Waals surface area contributed by atoms with E-state index < -0.39 is 5.97 Å². The fourth-order valence-electron chi connectivity index (χ4n) is 2.13. The van der Waals surface area contributed by atoms with Crippen LogP contribution in [0.1, 0.15) is 18.1 Å². The maximum Gasteiger partial charge on any atom is 0.308 e. The van der Waals surface area contributed by atoms with Gasteiger partial charge in [-0.1, -0.05) is 41.4 Å². The third-order valence-electron chi connectivity index (χ3n) is 3.27. The zero-order valence-corrected chi connectivity index (χ0v) is 15.2. The molecule has 4 nitrogen and oxygen atoms in total. The van der Waals surface area contributed by atoms with Gasteiger partial charge in [-0.2, -0.15) is 0 Å². The minimum absolute atomic E-state index is 0.0942. The van der Waals surface area contributed by atoms with Gasteiger partial charge in [-0.15, -0.1) is 0 Å². The SMILES string of the molecule is COc1ccc(/C=C/C(=O)Cc2ccc(Cl)c(Cl)c2)cc1OC(C)=O. The molecule has 0 amide bonds. The van der Waals surface area contributed by atoms with Crippen LogP contribution in [0.2, 0.25) is 10.0 Å². The Morgan fingerprint density at radius 3 is 2.44 bits per heavy atom. The van der Waals surface area contributed by atoms with Crippen molar-refractivity contribution in [2.75, 3.05) is 7.11 Å². The molecular formula is C19H16Cl2O4. The fraction of sp³-hybridized carbons (Fsp3) is 0.158. The van der Waals surface area contributed by atoms with Gasteiger partial charge in [0.2, 0.25) is 0 Å². The van der Waals surface area contributed by atoms with Crippen molar-refractivity contribution in [2.45, 2.75) is 13.3 Å². The number of allylic oxidation sites excluding steroid dienone is 1. The van der Waals surface area contributed by atoms with E-state index in [0.29, 0.717) is 27.1 Å². The number of esters is 1. The molecule has 0 aliphatic rings. The van der Waals surface area contributed by atoms with Crippen LogP contribution >= 0.6 is 23.2 Å². The Kier molecular flexibility index (Phi) is 6.62. The molecule has 2 aromatic carbocycles. The molecule has 0 heterocycles. The summed E-state index contributed by atoms with van der Waals surface area (Å²) < 4.78 is 10.2. The molecule has 0 N–H and O–H groups in total. The lowest BCUT2D eigenvalue weighted by Gasteiger charge is -2.08. The van der Waals surface area contributed by atoms with Crippen molar-refractivity contribution in [3.05, 3.63) is 63.6 Å². The summed E-state index contributed by atoms with van der Waals surface area (Å²) in [6.45, 7) is 1.31. The summed E-state index contributed by atoms with van der Waals surface area (Å²) in [5, 5.41) is 0.863. The van der Waals surface area contributed by atoms with E-state index >= 15 is 0 Å². The van der Waals surface area contributed by atoms with Crippen LogP contribution in [0.25, 0.3) is 6.08 Å². The largest absolute Gasteiger partial charge is 0.493 e. The van der Waals surface area contributed by atoms with E-state index in [1.807, 2.05) is 0 Å². The molecule has 2 aromatic rings. The van der Waals surface area contributed by atoms with Gasteiger partial charge in [-0.05, 0) is 41.5 Å². The minimum Gasteiger partial charge on any atom is -0.493 e. The summed E-state index contributed by atoms with van der Waals surface area (Å²) in [6, 6.07) is 10.1. The van der Waals surface area contributed by atoms with Crippen LogP contribution in [-0.4, -0.2) is 18.9 Å². The van der Waals surface area contributed by atoms with Crippen LogP contribution in [0.3, 0.4) is 0 Å². The van der Waals surface area contributed by atoms with Crippen LogP contribution in [0, 0.1) is 0 Å². The lowest BCUT2D eigenvalue weighted by Crippen LogP contribution is -2.03. The third kappa shape index (κ3) is 5.62. The van der Waals surface area contributed by atoms with E-state index in [0.717, 1.165) is 5.56 Å². The highest BCUT2D eigenvalue weighted by Gasteiger charge is 2.08. The van der Waals surface area contributed by atoms with Crippen molar-refractivity contribution in [3.8, 4) is 11.5 Å². The van der Waals surface area contributed by atoms with Crippen molar-refractivity contribution < 1.29 is 19.1 Å². The van der Waals surface area contributed by atoms with E-state index in [4.69, 9.17) is 32.7 Å². The molecule has 0 spiro atoms. The first kappa shape index (κ1) is 19.0. The number of rotatable bonds is 6. The molecule has 0 aromatic heterocycles. The van der Waals surface area contributed by atoms with Gasteiger partial charge >= 0.3 is 5.97 Å². The highest BCUT2D eigenvalue weighted by molar-refractivity contribution is 6.42. The van der Waals surface area contributed by atoms with Crippen molar-refractivity contribution in [3.63, 3.8) is 0 Å². The highest BCUT2D eigenvalue weighted by Crippen LogP contribution is 2.28. The summed E-state index contributed by atoms with van der Waals surface area (Å²) in [5.74, 6) is 0.196. The van der Waals surface area contributed by atoms with Crippen LogP contribution in [0.5, 0.6) is 11.5 Å². The molecule has 0 radical (unpaired) electrons. The quantitative estimate of drug-likeness (QED) is 0.413. The molecule has 0 aliphatic heterocycles. The molecular weight excluding hydrogens is 363 g/mol. The van der Waals surface area contributed by atoms with Crippen LogP contribution in [0.4, 0.5) is 0 Å². The van der Waals surface area contributed by atoms with Gasteiger partial charge in [-0.3, -0.25) is 9.59 Å². The average Bonchev–Trinajstić information content (AvgIpc) is 2.56. The number of hydrogen-bond acceptors (Lipinski definition) is 4. The molecule has 25 heavy (non-hydrogen) atoms. The van der Waals surface area contributed by atoms with Crippen LogP contribution in [0.15, 0.2) is 42.5 Å². The van der Waals surface area contributed by atoms with Gasteiger partial charge in [0, 0.05) is 13.3 Å². The first-order valence-electron chi connectivity index (χ1n) is 7.40. The Bertz CT molecular complexity index is 828. The monoisotopic (exact) mass is 378 g/mol. The summed E-state index contributed by atoms with van der Waals surface area (Å²) in [6.07, 6.45) is 3.31. The zero-order valence-electron chi connectivity index (χ0n) is 13.7. The van der Waals surface area contributed by atoms with Crippen molar-refractivity contribution in [1.82, 2.24) is 0 Å². The predicted octanol–water partition coefficient (Wildman–Crippen LogP) is 4.75. The summed E-state index contributed by atoms with van der Waals surface area (Å²) in [4.78, 5) is 23.2. The standard InChI is InChI=1S/C19H16Cl2O4/c1-12(22)25-19-11-13(5-8-18(19)24-2)3-6-15(23)9-14-4-7-16(20)17(21)10-14/h3-8,10-11H,9H2,1-2H3/b6-3+. The molecule has 6 heteroatoms. The van der Waals surface area contributed by atoms with Crippen molar-refractivity contribution in [2.24, 2.45) is 0 Å². The maximum absolute atomic E-state index is 12.1. The Balaban J connectivity index is 2.10. The van der Waals surface area contributed by atoms with Gasteiger partial charge in [0.25, 0.3) is 0 Å². The average molecular weight is 379 g/mol. The number of benzene rings is 2. The molecule has 0 bridgehead atoms. The van der Waals surface area contributed by atoms with Crippen molar-refractivity contribution >= 4 is 41.0 Å². The molecule has 0 fully saturated rings. The highest BCUT2D eigenvalue weighted by atomic mass is 35.5. The van der Waals surface area contributed by atoms with Crippen molar-refractivity contribution in [1.29, 1.82) is 0 Å². The number of hydrogen-bond donors (Lipinski definition) is 0. The zero-order chi connectivity index (χ0) is 18.4. The topological polar surface area (TPSA) is 52.6 Å². The summed E-state index contributed by atoms with van der Waals surface area (Å²) in [7, 11) is 1.48. The van der Waals surface area contributed by atoms with E-state index in [1.165, 1.54) is 20.1 Å². The summed E-state index contributed by atoms with van der Waals surface area (Å²) >= 11 is 11.8. The lowest BCUT2D eigenvalue weighted by atomic mass is 10.1. The van der Waals surface area contributed by atoms with Gasteiger partial charge in [-0.25, -0.2) is 0 Å². The van der Waals surface area contributed by atoms with Gasteiger partial charge in [0.15, 0.2) is 17.3 Å². The molecule has 0 aliphatic carbocycles. The summed E-state index contributed by atoms with van der Waals surface area (Å²) in [5.41, 5.74) is 1.49. The Labute approximate surface area is 156 Å². The van der Waals surface area contributed by atoms with Crippen LogP contribution in [-0.2, 0) is 16.0 Å². The Hall–Kier alpha value is -2.30. The number of carbonyl (C=O) groups excluding carboxylic acids is 2. The molecule has 0 saturated carbocycles. The van der Waals surface area contributed by atoms with Gasteiger partial charge in [0.05, 0.1) is 17.2 Å². The second-order valence-electron chi connectivity index (χ2n) is 5.23. The first-order valence-corrected chi connectivity index (χ1v) is 8.16. The smallest absolute Gasteiger partial charge is 0.308 e. The van der Waals surface area contributed by atoms with E-state index in [-0.39, 0.29) is 12.2 Å². The first-order chi connectivity index (χ1) is 11.9. The maximum atomic E-state index is 12.1. The fourth-order valence-corrected chi connectivity index (χ4v) is 2.45. The lowest BCUT2D eigenvalue weighted by molar-refractivity contribution is -0.132. The number of carbonyl (C=O) groups is 2. The minimum atomic E-state index is -0.449. The Morgan fingerprint density at radius 1 is 1.04 bits per heavy atom. The second-order valence-corrected chi connectivity index (χ2v) is 6.04. The molecule has 2 rings (SSSR count). The molecule has 0 saturated heterocycles. The normalized spacial score (nSPS) is 10.7. The Morgan fingerprint density at radius 2 is 1.80 bits per heavy atom. The van der Waals surface area contributed by atoms with Gasteiger partial charge in [0.1, 0.15) is 0 Å².